The highest BCUT2D eigenvalue weighted by Crippen LogP contribution is 2.30. The number of rotatable bonds is 6. The number of benzene rings is 1. The zero-order valence-corrected chi connectivity index (χ0v) is 16.5. The van der Waals surface area contributed by atoms with E-state index in [2.05, 4.69) is 0 Å². The molecule has 11 heteroatoms. The van der Waals surface area contributed by atoms with Crippen LogP contribution in [0, 0.1) is 0 Å². The van der Waals surface area contributed by atoms with Crippen LogP contribution in [0.2, 0.25) is 0 Å². The maximum Gasteiger partial charge on any atom is 0.229 e. The molecule has 2 aliphatic heterocycles. The summed E-state index contributed by atoms with van der Waals surface area (Å²) in [5, 5.41) is 60.4. The molecular weight excluding hydrogens is 404 g/mol. The van der Waals surface area contributed by atoms with Gasteiger partial charge in [-0.15, -0.1) is 0 Å². The summed E-state index contributed by atoms with van der Waals surface area (Å²) >= 11 is 0. The largest absolute Gasteiger partial charge is 0.497 e. The van der Waals surface area contributed by atoms with Crippen molar-refractivity contribution in [1.82, 2.24) is 0 Å². The number of hydrogen-bond acceptors (Lipinski definition) is 11. The van der Waals surface area contributed by atoms with Gasteiger partial charge in [-0.25, -0.2) is 0 Å². The molecule has 0 spiro atoms. The van der Waals surface area contributed by atoms with Crippen LogP contribution in [-0.4, -0.2) is 106 Å². The van der Waals surface area contributed by atoms with E-state index in [1.54, 1.807) is 31.2 Å². The topological polar surface area (TPSA) is 168 Å². The predicted octanol–water partition coefficient (Wildman–Crippen LogP) is -2.27. The van der Waals surface area contributed by atoms with Gasteiger partial charge in [0.25, 0.3) is 0 Å². The molecule has 30 heavy (non-hydrogen) atoms. The first-order chi connectivity index (χ1) is 14.3. The second kappa shape index (κ2) is 9.73. The van der Waals surface area contributed by atoms with Crippen LogP contribution < -0.4 is 9.47 Å². The van der Waals surface area contributed by atoms with Crippen LogP contribution in [-0.2, 0) is 14.2 Å². The zero-order chi connectivity index (χ0) is 22.0. The second-order valence-corrected chi connectivity index (χ2v) is 7.28. The SMILES string of the molecule is COc1ccc(O[C@H]2O[C@H](C)[C@@H](O)[C@H](O[C@@H]3O[C@@H](CO)[C@@H](O)[C@@H](O)[C@H]3O)[C@H]2O)cc1. The molecule has 2 aliphatic rings. The number of aliphatic hydroxyl groups excluding tert-OH is 6. The third-order valence-electron chi connectivity index (χ3n) is 5.23. The molecule has 0 bridgehead atoms. The average Bonchev–Trinajstić information content (AvgIpc) is 2.75. The predicted molar refractivity (Wildman–Crippen MR) is 98.6 cm³/mol. The summed E-state index contributed by atoms with van der Waals surface area (Å²) in [4.78, 5) is 0. The third-order valence-corrected chi connectivity index (χ3v) is 5.23. The van der Waals surface area contributed by atoms with E-state index in [-0.39, 0.29) is 0 Å². The van der Waals surface area contributed by atoms with Crippen molar-refractivity contribution < 1.29 is 54.3 Å². The Hall–Kier alpha value is -1.54. The summed E-state index contributed by atoms with van der Waals surface area (Å²) in [5.74, 6) is 0.982. The zero-order valence-electron chi connectivity index (χ0n) is 16.5. The van der Waals surface area contributed by atoms with Crippen LogP contribution in [0.5, 0.6) is 11.5 Å². The molecule has 1 aromatic carbocycles. The molecule has 0 unspecified atom stereocenters. The lowest BCUT2D eigenvalue weighted by atomic mass is 9.97. The van der Waals surface area contributed by atoms with Crippen LogP contribution in [0.4, 0.5) is 0 Å². The van der Waals surface area contributed by atoms with Gasteiger partial charge >= 0.3 is 0 Å². The summed E-state index contributed by atoms with van der Waals surface area (Å²) in [6.45, 7) is 0.911. The first-order valence-corrected chi connectivity index (χ1v) is 9.55. The molecule has 2 heterocycles. The molecule has 6 N–H and O–H groups in total. The fraction of sp³-hybridized carbons (Fsp3) is 0.684. The fourth-order valence-electron chi connectivity index (χ4n) is 3.38. The van der Waals surface area contributed by atoms with Gasteiger partial charge in [-0.05, 0) is 31.2 Å². The lowest BCUT2D eigenvalue weighted by Crippen LogP contribution is -2.64. The number of methoxy groups -OCH3 is 1. The van der Waals surface area contributed by atoms with Gasteiger partial charge in [0.1, 0.15) is 54.2 Å². The van der Waals surface area contributed by atoms with E-state index < -0.39 is 68.0 Å². The normalized spacial score (nSPS) is 42.0. The fourth-order valence-corrected chi connectivity index (χ4v) is 3.38. The minimum absolute atomic E-state index is 0.370. The van der Waals surface area contributed by atoms with Crippen molar-refractivity contribution in [3.63, 3.8) is 0 Å². The van der Waals surface area contributed by atoms with Gasteiger partial charge in [-0.1, -0.05) is 0 Å². The highest BCUT2D eigenvalue weighted by Gasteiger charge is 2.50. The summed E-state index contributed by atoms with van der Waals surface area (Å²) in [6.07, 6.45) is -13.8. The minimum atomic E-state index is -1.68. The molecule has 3 rings (SSSR count). The number of aliphatic hydroxyl groups is 6. The van der Waals surface area contributed by atoms with Gasteiger partial charge in [-0.2, -0.15) is 0 Å². The Morgan fingerprint density at radius 2 is 1.43 bits per heavy atom. The lowest BCUT2D eigenvalue weighted by molar-refractivity contribution is -0.350. The Bertz CT molecular complexity index is 669. The van der Waals surface area contributed by atoms with E-state index in [0.717, 1.165) is 0 Å². The van der Waals surface area contributed by atoms with Crippen molar-refractivity contribution >= 4 is 0 Å². The van der Waals surface area contributed by atoms with Crippen LogP contribution in [0.25, 0.3) is 0 Å². The maximum absolute atomic E-state index is 10.7. The maximum atomic E-state index is 10.7. The molecule has 2 saturated heterocycles. The Morgan fingerprint density at radius 1 is 0.800 bits per heavy atom. The van der Waals surface area contributed by atoms with Crippen molar-refractivity contribution in [3.05, 3.63) is 24.3 Å². The van der Waals surface area contributed by atoms with Gasteiger partial charge in [0.15, 0.2) is 6.29 Å². The van der Waals surface area contributed by atoms with Crippen LogP contribution in [0.1, 0.15) is 6.92 Å². The molecule has 0 aliphatic carbocycles. The summed E-state index contributed by atoms with van der Waals surface area (Å²) in [6, 6.07) is 6.53. The van der Waals surface area contributed by atoms with Gasteiger partial charge < -0.3 is 54.3 Å². The quantitative estimate of drug-likeness (QED) is 0.287. The Balaban J connectivity index is 1.72. The van der Waals surface area contributed by atoms with E-state index in [1.807, 2.05) is 0 Å². The molecule has 0 aromatic heterocycles. The number of hydrogen-bond donors (Lipinski definition) is 6. The highest BCUT2D eigenvalue weighted by atomic mass is 16.7. The smallest absolute Gasteiger partial charge is 0.229 e. The molecule has 0 amide bonds. The summed E-state index contributed by atoms with van der Waals surface area (Å²) in [5.41, 5.74) is 0. The number of ether oxygens (including phenoxy) is 5. The van der Waals surface area contributed by atoms with Crippen molar-refractivity contribution in [2.45, 2.75) is 68.3 Å². The van der Waals surface area contributed by atoms with E-state index in [9.17, 15) is 30.6 Å². The second-order valence-electron chi connectivity index (χ2n) is 7.28. The first kappa shape index (κ1) is 23.1. The molecule has 10 atom stereocenters. The molecule has 170 valence electrons. The van der Waals surface area contributed by atoms with Gasteiger partial charge in [-0.3, -0.25) is 0 Å². The Morgan fingerprint density at radius 3 is 2.03 bits per heavy atom. The third kappa shape index (κ3) is 4.69. The van der Waals surface area contributed by atoms with Crippen LogP contribution >= 0.6 is 0 Å². The highest BCUT2D eigenvalue weighted by molar-refractivity contribution is 5.31. The van der Waals surface area contributed by atoms with Gasteiger partial charge in [0.05, 0.1) is 19.8 Å². The van der Waals surface area contributed by atoms with Crippen molar-refractivity contribution in [2.75, 3.05) is 13.7 Å². The van der Waals surface area contributed by atoms with E-state index in [0.29, 0.717) is 11.5 Å². The van der Waals surface area contributed by atoms with E-state index in [4.69, 9.17) is 23.7 Å². The van der Waals surface area contributed by atoms with E-state index >= 15 is 0 Å². The van der Waals surface area contributed by atoms with Crippen molar-refractivity contribution in [2.24, 2.45) is 0 Å². The molecule has 1 aromatic rings. The monoisotopic (exact) mass is 432 g/mol. The van der Waals surface area contributed by atoms with Crippen LogP contribution in [0.3, 0.4) is 0 Å². The molecule has 0 radical (unpaired) electrons. The summed E-state index contributed by atoms with van der Waals surface area (Å²) in [7, 11) is 1.52. The average molecular weight is 432 g/mol. The lowest BCUT2D eigenvalue weighted by Gasteiger charge is -2.45. The van der Waals surface area contributed by atoms with Gasteiger partial charge in [0, 0.05) is 0 Å². The molecule has 2 fully saturated rings. The Labute approximate surface area is 172 Å². The van der Waals surface area contributed by atoms with Crippen molar-refractivity contribution in [1.29, 1.82) is 0 Å². The molecule has 11 nitrogen and oxygen atoms in total. The van der Waals surface area contributed by atoms with Gasteiger partial charge in [0.2, 0.25) is 6.29 Å². The van der Waals surface area contributed by atoms with Crippen LogP contribution in [0.15, 0.2) is 24.3 Å². The molecule has 0 saturated carbocycles. The van der Waals surface area contributed by atoms with E-state index in [1.165, 1.54) is 7.11 Å². The summed E-state index contributed by atoms with van der Waals surface area (Å²) < 4.78 is 27.1. The van der Waals surface area contributed by atoms with Crippen molar-refractivity contribution in [3.8, 4) is 11.5 Å². The minimum Gasteiger partial charge on any atom is -0.497 e. The molecular formula is C19H28O11. The standard InChI is InChI=1S/C19H28O11/c1-8-12(21)17(30-18-15(24)14(23)13(22)11(7-20)29-18)16(25)19(27-8)28-10-5-3-9(26-2)4-6-10/h3-6,8,11-25H,7H2,1-2H3/t8-,11+,12-,13-,14-,15-,16-,17+,18+,19-/m1/s1. The Kier molecular flexibility index (Phi) is 7.50. The first-order valence-electron chi connectivity index (χ1n) is 9.55.